The summed E-state index contributed by atoms with van der Waals surface area (Å²) >= 11 is 9.46. The Morgan fingerprint density at radius 1 is 0.762 bits per heavy atom. The highest BCUT2D eigenvalue weighted by Gasteiger charge is 2.09. The smallest absolute Gasteiger partial charge is 0.131 e. The van der Waals surface area contributed by atoms with Crippen LogP contribution < -0.4 is 0 Å². The molecule has 0 aliphatic rings. The minimum absolute atomic E-state index is 0.259. The van der Waals surface area contributed by atoms with Crippen LogP contribution in [0.4, 0.5) is 4.39 Å². The maximum Gasteiger partial charge on any atom is 0.131 e. The largest absolute Gasteiger partial charge is 0.206 e. The fourth-order valence-corrected chi connectivity index (χ4v) is 2.97. The molecule has 0 bridgehead atoms. The summed E-state index contributed by atoms with van der Waals surface area (Å²) in [5.41, 5.74) is 3.13. The van der Waals surface area contributed by atoms with Gasteiger partial charge in [0.1, 0.15) is 5.82 Å². The van der Waals surface area contributed by atoms with Crippen LogP contribution in [0.1, 0.15) is 0 Å². The molecule has 0 aliphatic carbocycles. The minimum atomic E-state index is -0.259. The molecule has 0 saturated carbocycles. The van der Waals surface area contributed by atoms with E-state index < -0.39 is 0 Å². The van der Waals surface area contributed by atoms with Gasteiger partial charge in [-0.2, -0.15) is 0 Å². The minimum Gasteiger partial charge on any atom is -0.206 e. The van der Waals surface area contributed by atoms with Gasteiger partial charge in [0, 0.05) is 15.1 Å². The molecule has 0 aliphatic heterocycles. The van der Waals surface area contributed by atoms with Crippen molar-refractivity contribution in [1.82, 2.24) is 0 Å². The first-order valence-corrected chi connectivity index (χ1v) is 7.62. The third-order valence-electron chi connectivity index (χ3n) is 3.29. The van der Waals surface area contributed by atoms with Gasteiger partial charge in [-0.25, -0.2) is 4.39 Å². The molecular formula is C18H11BrClF. The molecule has 0 heterocycles. The van der Waals surface area contributed by atoms with Crippen molar-refractivity contribution in [2.45, 2.75) is 0 Å². The van der Waals surface area contributed by atoms with E-state index in [1.807, 2.05) is 42.5 Å². The molecule has 3 aromatic carbocycles. The Kier molecular flexibility index (Phi) is 4.09. The predicted molar refractivity (Wildman–Crippen MR) is 90.0 cm³/mol. The lowest BCUT2D eigenvalue weighted by Crippen LogP contribution is -1.87. The average Bonchev–Trinajstić information content (AvgIpc) is 2.47. The maximum absolute atomic E-state index is 14.4. The number of benzene rings is 3. The molecule has 0 nitrogen and oxygen atoms in total. The van der Waals surface area contributed by atoms with E-state index in [2.05, 4.69) is 15.9 Å². The highest BCUT2D eigenvalue weighted by atomic mass is 79.9. The van der Waals surface area contributed by atoms with E-state index in [1.165, 1.54) is 0 Å². The lowest BCUT2D eigenvalue weighted by Gasteiger charge is -2.08. The molecule has 0 fully saturated rings. The van der Waals surface area contributed by atoms with Gasteiger partial charge in [0.2, 0.25) is 0 Å². The average molecular weight is 362 g/mol. The topological polar surface area (TPSA) is 0 Å². The van der Waals surface area contributed by atoms with Crippen molar-refractivity contribution >= 4 is 27.5 Å². The summed E-state index contributed by atoms with van der Waals surface area (Å²) in [5, 5.41) is 0.599. The summed E-state index contributed by atoms with van der Waals surface area (Å²) in [6, 6.07) is 20.2. The molecule has 21 heavy (non-hydrogen) atoms. The molecule has 104 valence electrons. The summed E-state index contributed by atoms with van der Waals surface area (Å²) in [5.74, 6) is -0.259. The number of rotatable bonds is 2. The van der Waals surface area contributed by atoms with Gasteiger partial charge in [-0.3, -0.25) is 0 Å². The zero-order chi connectivity index (χ0) is 14.8. The second-order valence-corrected chi connectivity index (χ2v) is 5.98. The summed E-state index contributed by atoms with van der Waals surface area (Å²) in [4.78, 5) is 0. The van der Waals surface area contributed by atoms with Crippen LogP contribution in [0.2, 0.25) is 5.02 Å². The van der Waals surface area contributed by atoms with Crippen molar-refractivity contribution < 1.29 is 4.39 Å². The first kappa shape index (κ1) is 14.3. The molecule has 0 unspecified atom stereocenters. The Hall–Kier alpha value is -1.64. The van der Waals surface area contributed by atoms with Crippen LogP contribution in [-0.4, -0.2) is 0 Å². The molecular weight excluding hydrogens is 351 g/mol. The second kappa shape index (κ2) is 6.00. The molecule has 0 amide bonds. The van der Waals surface area contributed by atoms with E-state index in [0.717, 1.165) is 21.2 Å². The SMILES string of the molecule is Fc1cc(-c2ccccc2Br)ccc1-c1cccc(Cl)c1. The van der Waals surface area contributed by atoms with E-state index in [0.29, 0.717) is 10.6 Å². The second-order valence-electron chi connectivity index (χ2n) is 4.68. The molecule has 3 aromatic rings. The molecule has 3 rings (SSSR count). The van der Waals surface area contributed by atoms with Crippen LogP contribution >= 0.6 is 27.5 Å². The normalized spacial score (nSPS) is 10.6. The van der Waals surface area contributed by atoms with Crippen LogP contribution in [0, 0.1) is 5.82 Å². The van der Waals surface area contributed by atoms with Gasteiger partial charge in [0.15, 0.2) is 0 Å². The standard InChI is InChI=1S/C18H11BrClF/c19-17-7-2-1-6-15(17)13-8-9-16(18(21)11-13)12-4-3-5-14(20)10-12/h1-11H. The van der Waals surface area contributed by atoms with E-state index in [-0.39, 0.29) is 5.82 Å². The lowest BCUT2D eigenvalue weighted by molar-refractivity contribution is 0.632. The van der Waals surface area contributed by atoms with Crippen LogP contribution in [0.25, 0.3) is 22.3 Å². The zero-order valence-corrected chi connectivity index (χ0v) is 13.3. The highest BCUT2D eigenvalue weighted by Crippen LogP contribution is 2.32. The monoisotopic (exact) mass is 360 g/mol. The summed E-state index contributed by atoms with van der Waals surface area (Å²) < 4.78 is 15.4. The fraction of sp³-hybridized carbons (Fsp3) is 0. The van der Waals surface area contributed by atoms with Crippen LogP contribution in [-0.2, 0) is 0 Å². The van der Waals surface area contributed by atoms with Crippen molar-refractivity contribution in [3.63, 3.8) is 0 Å². The van der Waals surface area contributed by atoms with Crippen molar-refractivity contribution in [2.24, 2.45) is 0 Å². The van der Waals surface area contributed by atoms with E-state index in [1.54, 1.807) is 24.3 Å². The first-order chi connectivity index (χ1) is 10.1. The Morgan fingerprint density at radius 2 is 1.52 bits per heavy atom. The number of hydrogen-bond donors (Lipinski definition) is 0. The molecule has 0 atom stereocenters. The summed E-state index contributed by atoms with van der Waals surface area (Å²) in [6.45, 7) is 0. The maximum atomic E-state index is 14.4. The van der Waals surface area contributed by atoms with Crippen molar-refractivity contribution in [1.29, 1.82) is 0 Å². The molecule has 0 aromatic heterocycles. The quantitative estimate of drug-likeness (QED) is 0.484. The molecule has 0 spiro atoms. The van der Waals surface area contributed by atoms with Crippen LogP contribution in [0.3, 0.4) is 0 Å². The van der Waals surface area contributed by atoms with Gasteiger partial charge >= 0.3 is 0 Å². The van der Waals surface area contributed by atoms with Gasteiger partial charge in [0.05, 0.1) is 0 Å². The van der Waals surface area contributed by atoms with Gasteiger partial charge < -0.3 is 0 Å². The Balaban J connectivity index is 2.07. The lowest BCUT2D eigenvalue weighted by atomic mass is 10.00. The third-order valence-corrected chi connectivity index (χ3v) is 4.22. The van der Waals surface area contributed by atoms with Gasteiger partial charge in [-0.05, 0) is 41.0 Å². The molecule has 0 radical (unpaired) electrons. The Bertz CT molecular complexity index is 799. The van der Waals surface area contributed by atoms with Crippen molar-refractivity contribution in [2.75, 3.05) is 0 Å². The first-order valence-electron chi connectivity index (χ1n) is 6.45. The van der Waals surface area contributed by atoms with Crippen molar-refractivity contribution in [3.05, 3.63) is 82.0 Å². The molecule has 0 N–H and O–H groups in total. The predicted octanol–water partition coefficient (Wildman–Crippen LogP) is 6.58. The number of hydrogen-bond acceptors (Lipinski definition) is 0. The summed E-state index contributed by atoms with van der Waals surface area (Å²) in [6.07, 6.45) is 0. The van der Waals surface area contributed by atoms with Crippen LogP contribution in [0.15, 0.2) is 71.2 Å². The van der Waals surface area contributed by atoms with Crippen molar-refractivity contribution in [3.8, 4) is 22.3 Å². The summed E-state index contributed by atoms with van der Waals surface area (Å²) in [7, 11) is 0. The zero-order valence-electron chi connectivity index (χ0n) is 11.0. The highest BCUT2D eigenvalue weighted by molar-refractivity contribution is 9.10. The van der Waals surface area contributed by atoms with Gasteiger partial charge in [0.25, 0.3) is 0 Å². The third kappa shape index (κ3) is 3.02. The van der Waals surface area contributed by atoms with E-state index in [9.17, 15) is 4.39 Å². The molecule has 3 heteroatoms. The Morgan fingerprint density at radius 3 is 2.24 bits per heavy atom. The van der Waals surface area contributed by atoms with Gasteiger partial charge in [-0.1, -0.05) is 70.0 Å². The van der Waals surface area contributed by atoms with Crippen LogP contribution in [0.5, 0.6) is 0 Å². The molecule has 0 saturated heterocycles. The number of halogens is 3. The van der Waals surface area contributed by atoms with E-state index in [4.69, 9.17) is 11.6 Å². The van der Waals surface area contributed by atoms with Gasteiger partial charge in [-0.15, -0.1) is 0 Å². The van der Waals surface area contributed by atoms with E-state index >= 15 is 0 Å². The Labute approximate surface area is 136 Å². The fourth-order valence-electron chi connectivity index (χ4n) is 2.27.